The van der Waals surface area contributed by atoms with Crippen molar-refractivity contribution in [3.05, 3.63) is 53.6 Å². The van der Waals surface area contributed by atoms with Gasteiger partial charge in [-0.2, -0.15) is 0 Å². The van der Waals surface area contributed by atoms with Crippen LogP contribution in [0.15, 0.2) is 42.5 Å². The molecule has 2 rings (SSSR count). The van der Waals surface area contributed by atoms with Gasteiger partial charge in [0.15, 0.2) is 11.5 Å². The van der Waals surface area contributed by atoms with Gasteiger partial charge in [-0.05, 0) is 36.4 Å². The van der Waals surface area contributed by atoms with E-state index in [1.54, 1.807) is 18.2 Å². The number of rotatable bonds is 5. The summed E-state index contributed by atoms with van der Waals surface area (Å²) in [6, 6.07) is 11.2. The molecule has 0 saturated carbocycles. The molecule has 2 aromatic carbocycles. The zero-order valence-corrected chi connectivity index (χ0v) is 12.3. The van der Waals surface area contributed by atoms with Crippen LogP contribution in [0.4, 0.5) is 5.69 Å². The summed E-state index contributed by atoms with van der Waals surface area (Å²) in [5.41, 5.74) is 6.49. The molecule has 0 spiro atoms. The lowest BCUT2D eigenvalue weighted by atomic mass is 10.1. The van der Waals surface area contributed by atoms with Gasteiger partial charge in [-0.15, -0.1) is 0 Å². The summed E-state index contributed by atoms with van der Waals surface area (Å²) in [5, 5.41) is 2.74. The molecule has 2 aromatic rings. The number of ether oxygens (including phenoxy) is 2. The number of hydrogen-bond acceptors (Lipinski definition) is 4. The molecule has 0 aromatic heterocycles. The van der Waals surface area contributed by atoms with Gasteiger partial charge in [0, 0.05) is 22.9 Å². The number of nitrogens with two attached hydrogens (primary N) is 1. The lowest BCUT2D eigenvalue weighted by Crippen LogP contribution is -2.14. The van der Waals surface area contributed by atoms with Crippen LogP contribution in [0.1, 0.15) is 20.7 Å². The molecule has 2 amide bonds. The summed E-state index contributed by atoms with van der Waals surface area (Å²) in [4.78, 5) is 23.1. The van der Waals surface area contributed by atoms with Crippen molar-refractivity contribution in [2.75, 3.05) is 19.5 Å². The van der Waals surface area contributed by atoms with Crippen molar-refractivity contribution in [1.29, 1.82) is 0 Å². The molecule has 0 heterocycles. The fourth-order valence-electron chi connectivity index (χ4n) is 1.90. The first-order valence-corrected chi connectivity index (χ1v) is 6.48. The number of benzene rings is 2. The van der Waals surface area contributed by atoms with Gasteiger partial charge in [0.25, 0.3) is 5.91 Å². The molecule has 0 saturated heterocycles. The Kier molecular flexibility index (Phi) is 4.63. The van der Waals surface area contributed by atoms with Crippen LogP contribution in [-0.4, -0.2) is 26.0 Å². The third-order valence-electron chi connectivity index (χ3n) is 3.07. The van der Waals surface area contributed by atoms with Gasteiger partial charge in [0.2, 0.25) is 5.91 Å². The molecule has 0 bridgehead atoms. The molecule has 6 nitrogen and oxygen atoms in total. The molecule has 6 heteroatoms. The van der Waals surface area contributed by atoms with E-state index < -0.39 is 5.91 Å². The number of carbonyl (C=O) groups is 2. The molecule has 3 N–H and O–H groups in total. The number of methoxy groups -OCH3 is 2. The Labute approximate surface area is 127 Å². The molecule has 114 valence electrons. The van der Waals surface area contributed by atoms with Crippen LogP contribution in [0.3, 0.4) is 0 Å². The zero-order valence-electron chi connectivity index (χ0n) is 12.3. The second-order valence-electron chi connectivity index (χ2n) is 4.47. The second-order valence-corrected chi connectivity index (χ2v) is 4.47. The standard InChI is InChI=1S/C16H16N2O4/c1-21-13-8-7-12(9-14(13)22-2)18-16(20)11-5-3-10(4-6-11)15(17)19/h3-9H,1-2H3,(H2,17,19)(H,18,20). The van der Waals surface area contributed by atoms with Crippen LogP contribution < -0.4 is 20.5 Å². The maximum atomic E-state index is 12.1. The summed E-state index contributed by atoms with van der Waals surface area (Å²) in [5.74, 6) is 0.255. The molecule has 0 aliphatic heterocycles. The summed E-state index contributed by atoms with van der Waals surface area (Å²) >= 11 is 0. The minimum absolute atomic E-state index is 0.303. The maximum Gasteiger partial charge on any atom is 0.255 e. The molecule has 0 radical (unpaired) electrons. The first-order valence-electron chi connectivity index (χ1n) is 6.48. The smallest absolute Gasteiger partial charge is 0.255 e. The summed E-state index contributed by atoms with van der Waals surface area (Å²) in [7, 11) is 3.06. The highest BCUT2D eigenvalue weighted by Crippen LogP contribution is 2.29. The van der Waals surface area contributed by atoms with Crippen LogP contribution in [0.5, 0.6) is 11.5 Å². The van der Waals surface area contributed by atoms with Crippen molar-refractivity contribution >= 4 is 17.5 Å². The van der Waals surface area contributed by atoms with Crippen molar-refractivity contribution in [2.45, 2.75) is 0 Å². The van der Waals surface area contributed by atoms with E-state index in [2.05, 4.69) is 5.32 Å². The van der Waals surface area contributed by atoms with Gasteiger partial charge < -0.3 is 20.5 Å². The van der Waals surface area contributed by atoms with Crippen LogP contribution in [0, 0.1) is 0 Å². The van der Waals surface area contributed by atoms with Crippen LogP contribution in [0.25, 0.3) is 0 Å². The molecule has 22 heavy (non-hydrogen) atoms. The van der Waals surface area contributed by atoms with E-state index in [9.17, 15) is 9.59 Å². The molecule has 0 fully saturated rings. The average molecular weight is 300 g/mol. The third kappa shape index (κ3) is 3.35. The number of amides is 2. The fourth-order valence-corrected chi connectivity index (χ4v) is 1.90. The monoisotopic (exact) mass is 300 g/mol. The molecule has 0 aliphatic rings. The van der Waals surface area contributed by atoms with Crippen molar-refractivity contribution < 1.29 is 19.1 Å². The van der Waals surface area contributed by atoms with E-state index in [4.69, 9.17) is 15.2 Å². The number of anilines is 1. The zero-order chi connectivity index (χ0) is 16.1. The lowest BCUT2D eigenvalue weighted by Gasteiger charge is -2.10. The van der Waals surface area contributed by atoms with Gasteiger partial charge in [0.05, 0.1) is 14.2 Å². The van der Waals surface area contributed by atoms with Gasteiger partial charge in [0.1, 0.15) is 0 Å². The first-order chi connectivity index (χ1) is 10.5. The first kappa shape index (κ1) is 15.4. The minimum atomic E-state index is -0.535. The van der Waals surface area contributed by atoms with E-state index in [-0.39, 0.29) is 5.91 Å². The van der Waals surface area contributed by atoms with E-state index in [0.29, 0.717) is 28.3 Å². The SMILES string of the molecule is COc1ccc(NC(=O)c2ccc(C(N)=O)cc2)cc1OC. The van der Waals surface area contributed by atoms with E-state index in [1.165, 1.54) is 38.5 Å². The number of carbonyl (C=O) groups excluding carboxylic acids is 2. The third-order valence-corrected chi connectivity index (χ3v) is 3.07. The Bertz CT molecular complexity index is 696. The van der Waals surface area contributed by atoms with Crippen molar-refractivity contribution in [3.63, 3.8) is 0 Å². The van der Waals surface area contributed by atoms with E-state index >= 15 is 0 Å². The Morgan fingerprint density at radius 1 is 0.909 bits per heavy atom. The lowest BCUT2D eigenvalue weighted by molar-refractivity contribution is 0.0995. The van der Waals surface area contributed by atoms with Crippen LogP contribution in [-0.2, 0) is 0 Å². The van der Waals surface area contributed by atoms with E-state index in [0.717, 1.165) is 0 Å². The molecule has 0 unspecified atom stereocenters. The summed E-state index contributed by atoms with van der Waals surface area (Å²) in [6.07, 6.45) is 0. The van der Waals surface area contributed by atoms with Gasteiger partial charge in [-0.1, -0.05) is 0 Å². The second kappa shape index (κ2) is 6.62. The highest BCUT2D eigenvalue weighted by Gasteiger charge is 2.10. The van der Waals surface area contributed by atoms with Crippen molar-refractivity contribution in [2.24, 2.45) is 5.73 Å². The van der Waals surface area contributed by atoms with E-state index in [1.807, 2.05) is 0 Å². The summed E-state index contributed by atoms with van der Waals surface area (Å²) < 4.78 is 10.3. The number of hydrogen-bond donors (Lipinski definition) is 2. The molecular weight excluding hydrogens is 284 g/mol. The maximum absolute atomic E-state index is 12.1. The Morgan fingerprint density at radius 2 is 1.50 bits per heavy atom. The highest BCUT2D eigenvalue weighted by molar-refractivity contribution is 6.05. The number of nitrogens with one attached hydrogen (secondary N) is 1. The van der Waals surface area contributed by atoms with Crippen molar-refractivity contribution in [3.8, 4) is 11.5 Å². The average Bonchev–Trinajstić information content (AvgIpc) is 2.54. The fraction of sp³-hybridized carbons (Fsp3) is 0.125. The minimum Gasteiger partial charge on any atom is -0.493 e. The largest absolute Gasteiger partial charge is 0.493 e. The predicted octanol–water partition coefficient (Wildman–Crippen LogP) is 2.05. The van der Waals surface area contributed by atoms with Gasteiger partial charge in [-0.25, -0.2) is 0 Å². The molecule has 0 aliphatic carbocycles. The van der Waals surface area contributed by atoms with Gasteiger partial charge in [-0.3, -0.25) is 9.59 Å². The van der Waals surface area contributed by atoms with Crippen molar-refractivity contribution in [1.82, 2.24) is 0 Å². The Balaban J connectivity index is 2.16. The quantitative estimate of drug-likeness (QED) is 0.884. The van der Waals surface area contributed by atoms with Gasteiger partial charge >= 0.3 is 0 Å². The topological polar surface area (TPSA) is 90.6 Å². The van der Waals surface area contributed by atoms with Crippen LogP contribution in [0.2, 0.25) is 0 Å². The normalized spacial score (nSPS) is 9.91. The Hall–Kier alpha value is -3.02. The number of primary amides is 1. The Morgan fingerprint density at radius 3 is 2.05 bits per heavy atom. The highest BCUT2D eigenvalue weighted by atomic mass is 16.5. The molecule has 0 atom stereocenters. The molecular formula is C16H16N2O4. The van der Waals surface area contributed by atoms with Crippen LogP contribution >= 0.6 is 0 Å². The summed E-state index contributed by atoms with van der Waals surface area (Å²) in [6.45, 7) is 0. The predicted molar refractivity (Wildman–Crippen MR) is 82.5 cm³/mol.